The first-order valence-electron chi connectivity index (χ1n) is 5.44. The summed E-state index contributed by atoms with van der Waals surface area (Å²) >= 11 is 0. The molecule has 16 heavy (non-hydrogen) atoms. The van der Waals surface area contributed by atoms with E-state index in [4.69, 9.17) is 10.4 Å². The summed E-state index contributed by atoms with van der Waals surface area (Å²) < 4.78 is 0. The molecule has 0 spiro atoms. The van der Waals surface area contributed by atoms with Crippen LogP contribution in [-0.2, 0) is 9.59 Å². The van der Waals surface area contributed by atoms with Gasteiger partial charge in [0.2, 0.25) is 5.91 Å². The van der Waals surface area contributed by atoms with Crippen molar-refractivity contribution in [2.45, 2.75) is 25.7 Å². The van der Waals surface area contributed by atoms with Gasteiger partial charge in [0.1, 0.15) is 0 Å². The highest BCUT2D eigenvalue weighted by atomic mass is 16.4. The lowest BCUT2D eigenvalue weighted by atomic mass is 10.0. The van der Waals surface area contributed by atoms with Crippen molar-refractivity contribution in [1.29, 1.82) is 5.26 Å². The van der Waals surface area contributed by atoms with Crippen molar-refractivity contribution in [3.63, 3.8) is 0 Å². The third-order valence-corrected chi connectivity index (χ3v) is 3.50. The van der Waals surface area contributed by atoms with Gasteiger partial charge in [0.25, 0.3) is 0 Å². The molecule has 1 atom stereocenters. The van der Waals surface area contributed by atoms with Gasteiger partial charge in [-0.2, -0.15) is 5.26 Å². The van der Waals surface area contributed by atoms with Gasteiger partial charge in [-0.3, -0.25) is 9.59 Å². The molecule has 0 radical (unpaired) electrons. The summed E-state index contributed by atoms with van der Waals surface area (Å²) in [5, 5.41) is 17.5. The van der Waals surface area contributed by atoms with Crippen LogP contribution in [-0.4, -0.2) is 35.0 Å². The van der Waals surface area contributed by atoms with Crippen LogP contribution in [0.4, 0.5) is 0 Å². The summed E-state index contributed by atoms with van der Waals surface area (Å²) in [6.07, 6.45) is 2.52. The predicted octanol–water partition coefficient (Wildman–Crippen LogP) is 0.613. The highest BCUT2D eigenvalue weighted by Crippen LogP contribution is 2.49. The molecule has 2 fully saturated rings. The van der Waals surface area contributed by atoms with Crippen LogP contribution >= 0.6 is 0 Å². The summed E-state index contributed by atoms with van der Waals surface area (Å²) in [5.74, 6) is -1.55. The van der Waals surface area contributed by atoms with E-state index in [0.29, 0.717) is 19.5 Å². The summed E-state index contributed by atoms with van der Waals surface area (Å²) in [6.45, 7) is 0.866. The van der Waals surface area contributed by atoms with Gasteiger partial charge < -0.3 is 10.0 Å². The molecule has 0 aromatic rings. The van der Waals surface area contributed by atoms with Crippen LogP contribution in [0.1, 0.15) is 25.7 Å². The van der Waals surface area contributed by atoms with Crippen molar-refractivity contribution in [1.82, 2.24) is 4.90 Å². The minimum absolute atomic E-state index is 0.0300. The standard InChI is InChI=1S/C11H14N2O3/c12-4-3-11(1-2-11)7-13-6-8(10(15)16)5-9(13)14/h8H,1-3,5-7H2,(H,15,16). The van der Waals surface area contributed by atoms with E-state index in [2.05, 4.69) is 6.07 Å². The molecular weight excluding hydrogens is 208 g/mol. The van der Waals surface area contributed by atoms with E-state index in [1.165, 1.54) is 0 Å². The monoisotopic (exact) mass is 222 g/mol. The van der Waals surface area contributed by atoms with Crippen LogP contribution in [0.2, 0.25) is 0 Å². The zero-order chi connectivity index (χ0) is 11.8. The maximum absolute atomic E-state index is 11.6. The first-order chi connectivity index (χ1) is 7.56. The Morgan fingerprint density at radius 1 is 1.62 bits per heavy atom. The van der Waals surface area contributed by atoms with Crippen LogP contribution in [0.3, 0.4) is 0 Å². The van der Waals surface area contributed by atoms with Crippen molar-refractivity contribution in [2.75, 3.05) is 13.1 Å². The van der Waals surface area contributed by atoms with E-state index in [1.807, 2.05) is 0 Å². The first kappa shape index (κ1) is 10.9. The van der Waals surface area contributed by atoms with Crippen molar-refractivity contribution in [3.05, 3.63) is 0 Å². The number of likely N-dealkylation sites (tertiary alicyclic amines) is 1. The molecular formula is C11H14N2O3. The second-order valence-electron chi connectivity index (χ2n) is 4.85. The molecule has 1 saturated heterocycles. The molecule has 1 aliphatic heterocycles. The zero-order valence-electron chi connectivity index (χ0n) is 8.98. The molecule has 2 rings (SSSR count). The van der Waals surface area contributed by atoms with Gasteiger partial charge >= 0.3 is 5.97 Å². The van der Waals surface area contributed by atoms with Crippen molar-refractivity contribution < 1.29 is 14.7 Å². The number of carboxylic acid groups (broad SMARTS) is 1. The van der Waals surface area contributed by atoms with E-state index >= 15 is 0 Å². The number of rotatable bonds is 4. The van der Waals surface area contributed by atoms with Gasteiger partial charge in [-0.05, 0) is 12.8 Å². The minimum Gasteiger partial charge on any atom is -0.481 e. The predicted molar refractivity (Wildman–Crippen MR) is 54.2 cm³/mol. The highest BCUT2D eigenvalue weighted by molar-refractivity contribution is 5.86. The largest absolute Gasteiger partial charge is 0.481 e. The maximum Gasteiger partial charge on any atom is 0.308 e. The molecule has 0 aromatic carbocycles. The fraction of sp³-hybridized carbons (Fsp3) is 0.727. The number of hydrogen-bond acceptors (Lipinski definition) is 3. The number of nitrogens with zero attached hydrogens (tertiary/aromatic N) is 2. The van der Waals surface area contributed by atoms with Gasteiger partial charge in [-0.25, -0.2) is 0 Å². The summed E-state index contributed by atoms with van der Waals surface area (Å²) in [5.41, 5.74) is -0.0300. The lowest BCUT2D eigenvalue weighted by molar-refractivity contribution is -0.141. The first-order valence-corrected chi connectivity index (χ1v) is 5.44. The lowest BCUT2D eigenvalue weighted by Gasteiger charge is -2.21. The average molecular weight is 222 g/mol. The summed E-state index contributed by atoms with van der Waals surface area (Å²) in [6, 6.07) is 2.14. The third-order valence-electron chi connectivity index (χ3n) is 3.50. The second-order valence-corrected chi connectivity index (χ2v) is 4.85. The van der Waals surface area contributed by atoms with Crippen LogP contribution < -0.4 is 0 Å². The fourth-order valence-electron chi connectivity index (χ4n) is 2.23. The van der Waals surface area contributed by atoms with E-state index in [9.17, 15) is 9.59 Å². The molecule has 1 unspecified atom stereocenters. The molecule has 1 N–H and O–H groups in total. The number of carbonyl (C=O) groups excluding carboxylic acids is 1. The second kappa shape index (κ2) is 3.78. The Kier molecular flexibility index (Phi) is 2.58. The van der Waals surface area contributed by atoms with Crippen molar-refractivity contribution in [2.24, 2.45) is 11.3 Å². The zero-order valence-corrected chi connectivity index (χ0v) is 8.98. The Hall–Kier alpha value is -1.57. The normalized spacial score (nSPS) is 26.6. The number of carbonyl (C=O) groups is 2. The molecule has 1 saturated carbocycles. The number of amides is 1. The summed E-state index contributed by atoms with van der Waals surface area (Å²) in [7, 11) is 0. The smallest absolute Gasteiger partial charge is 0.308 e. The summed E-state index contributed by atoms with van der Waals surface area (Å²) in [4.78, 5) is 24.0. The number of carboxylic acids is 1. The molecule has 1 amide bonds. The van der Waals surface area contributed by atoms with Crippen molar-refractivity contribution in [3.8, 4) is 6.07 Å². The molecule has 5 nitrogen and oxygen atoms in total. The molecule has 2 aliphatic rings. The Labute approximate surface area is 93.6 Å². The van der Waals surface area contributed by atoms with Gasteiger partial charge in [-0.1, -0.05) is 0 Å². The van der Waals surface area contributed by atoms with Crippen LogP contribution in [0.5, 0.6) is 0 Å². The van der Waals surface area contributed by atoms with Gasteiger partial charge in [0.05, 0.1) is 12.0 Å². The maximum atomic E-state index is 11.6. The van der Waals surface area contributed by atoms with E-state index in [1.54, 1.807) is 4.90 Å². The molecule has 5 heteroatoms. The third kappa shape index (κ3) is 2.01. The van der Waals surface area contributed by atoms with E-state index < -0.39 is 11.9 Å². The fourth-order valence-corrected chi connectivity index (χ4v) is 2.23. The number of nitriles is 1. The Bertz CT molecular complexity index is 368. The minimum atomic E-state index is -0.902. The van der Waals surface area contributed by atoms with E-state index in [0.717, 1.165) is 12.8 Å². The Morgan fingerprint density at radius 2 is 2.31 bits per heavy atom. The van der Waals surface area contributed by atoms with Gasteiger partial charge in [-0.15, -0.1) is 0 Å². The lowest BCUT2D eigenvalue weighted by Crippen LogP contribution is -2.32. The topological polar surface area (TPSA) is 81.4 Å². The Morgan fingerprint density at radius 3 is 2.75 bits per heavy atom. The van der Waals surface area contributed by atoms with Crippen LogP contribution in [0, 0.1) is 22.7 Å². The molecule has 0 bridgehead atoms. The van der Waals surface area contributed by atoms with E-state index in [-0.39, 0.29) is 17.7 Å². The quantitative estimate of drug-likeness (QED) is 0.755. The Balaban J connectivity index is 1.94. The van der Waals surface area contributed by atoms with Crippen LogP contribution in [0.25, 0.3) is 0 Å². The number of aliphatic carboxylic acids is 1. The average Bonchev–Trinajstić information content (AvgIpc) is 2.86. The SMILES string of the molecule is N#CCC1(CN2CC(C(=O)O)CC2=O)CC1. The molecule has 0 aromatic heterocycles. The number of hydrogen-bond donors (Lipinski definition) is 1. The van der Waals surface area contributed by atoms with Crippen LogP contribution in [0.15, 0.2) is 0 Å². The molecule has 86 valence electrons. The van der Waals surface area contributed by atoms with Crippen molar-refractivity contribution >= 4 is 11.9 Å². The highest BCUT2D eigenvalue weighted by Gasteiger charge is 2.46. The van der Waals surface area contributed by atoms with Gasteiger partial charge in [0.15, 0.2) is 0 Å². The van der Waals surface area contributed by atoms with Gasteiger partial charge in [0, 0.05) is 31.3 Å². The molecule has 1 heterocycles. The molecule has 1 aliphatic carbocycles.